The molecule has 0 aliphatic carbocycles. The highest BCUT2D eigenvalue weighted by Crippen LogP contribution is 2.17. The monoisotopic (exact) mass is 313 g/mol. The third-order valence-corrected chi connectivity index (χ3v) is 4.67. The van der Waals surface area contributed by atoms with Crippen LogP contribution in [0.2, 0.25) is 0 Å². The van der Waals surface area contributed by atoms with Gasteiger partial charge in [-0.25, -0.2) is 9.00 Å². The fourth-order valence-electron chi connectivity index (χ4n) is 1.83. The van der Waals surface area contributed by atoms with Gasteiger partial charge in [0.2, 0.25) is 0 Å². The smallest absolute Gasteiger partial charge is 0.352 e. The molecule has 0 N–H and O–H groups in total. The first kappa shape index (κ1) is 15.4. The lowest BCUT2D eigenvalue weighted by atomic mass is 10.3. The van der Waals surface area contributed by atoms with Gasteiger partial charge in [-0.05, 0) is 12.1 Å². The van der Waals surface area contributed by atoms with E-state index in [0.717, 1.165) is 0 Å². The fourth-order valence-corrected chi connectivity index (χ4v) is 2.99. The molecule has 0 radical (unpaired) electrons. The first-order valence-corrected chi connectivity index (χ1v) is 8.16. The van der Waals surface area contributed by atoms with E-state index in [1.54, 1.807) is 0 Å². The molecule has 1 atom stereocenters. The van der Waals surface area contributed by atoms with Crippen molar-refractivity contribution in [2.45, 2.75) is 4.90 Å². The van der Waals surface area contributed by atoms with Gasteiger partial charge in [0, 0.05) is 36.4 Å². The summed E-state index contributed by atoms with van der Waals surface area (Å²) in [6.07, 6.45) is 1.34. The summed E-state index contributed by atoms with van der Waals surface area (Å²) in [5, 5.41) is 10.6. The SMILES string of the molecule is CS(=O)(=NC(=O)N1CCOCC1)c1ccc([N+](=O)[O-])cc1. The second kappa shape index (κ2) is 6.19. The van der Waals surface area contributed by atoms with Gasteiger partial charge in [-0.3, -0.25) is 10.1 Å². The van der Waals surface area contributed by atoms with Crippen molar-refractivity contribution in [2.75, 3.05) is 32.6 Å². The number of carbonyl (C=O) groups excluding carboxylic acids is 1. The molecule has 0 bridgehead atoms. The molecule has 1 fully saturated rings. The molecule has 1 aliphatic rings. The zero-order valence-corrected chi connectivity index (χ0v) is 12.2. The number of hydrogen-bond donors (Lipinski definition) is 0. The normalized spacial score (nSPS) is 17.9. The molecule has 0 aromatic heterocycles. The van der Waals surface area contributed by atoms with Crippen molar-refractivity contribution in [1.82, 2.24) is 4.90 Å². The molecular weight excluding hydrogens is 298 g/mol. The van der Waals surface area contributed by atoms with Crippen LogP contribution in [-0.4, -0.2) is 52.6 Å². The number of carbonyl (C=O) groups is 1. The van der Waals surface area contributed by atoms with Crippen LogP contribution in [0.3, 0.4) is 0 Å². The predicted octanol–water partition coefficient (Wildman–Crippen LogP) is 1.50. The van der Waals surface area contributed by atoms with Gasteiger partial charge >= 0.3 is 6.03 Å². The highest BCUT2D eigenvalue weighted by molar-refractivity contribution is 7.93. The number of amides is 2. The van der Waals surface area contributed by atoms with E-state index in [2.05, 4.69) is 4.36 Å². The third-order valence-electron chi connectivity index (χ3n) is 3.02. The number of non-ortho nitro benzene ring substituents is 1. The molecule has 21 heavy (non-hydrogen) atoms. The summed E-state index contributed by atoms with van der Waals surface area (Å²) in [6.45, 7) is 1.70. The fraction of sp³-hybridized carbons (Fsp3) is 0.417. The van der Waals surface area contributed by atoms with Gasteiger partial charge in [0.25, 0.3) is 5.69 Å². The van der Waals surface area contributed by atoms with Crippen molar-refractivity contribution in [2.24, 2.45) is 4.36 Å². The Morgan fingerprint density at radius 1 is 1.33 bits per heavy atom. The maximum atomic E-state index is 12.5. The lowest BCUT2D eigenvalue weighted by Gasteiger charge is -2.24. The molecule has 2 rings (SSSR count). The molecule has 9 heteroatoms. The number of hydrogen-bond acceptors (Lipinski definition) is 5. The summed E-state index contributed by atoms with van der Waals surface area (Å²) in [5.41, 5.74) is -0.103. The molecule has 1 heterocycles. The van der Waals surface area contributed by atoms with Gasteiger partial charge in [0.05, 0.1) is 27.9 Å². The van der Waals surface area contributed by atoms with Crippen molar-refractivity contribution in [3.05, 3.63) is 34.4 Å². The van der Waals surface area contributed by atoms with Crippen molar-refractivity contribution in [1.29, 1.82) is 0 Å². The van der Waals surface area contributed by atoms with Crippen LogP contribution in [0, 0.1) is 10.1 Å². The third kappa shape index (κ3) is 3.76. The van der Waals surface area contributed by atoms with Crippen molar-refractivity contribution >= 4 is 21.4 Å². The Kier molecular flexibility index (Phi) is 4.53. The second-order valence-corrected chi connectivity index (χ2v) is 6.79. The molecule has 0 saturated carbocycles. The maximum Gasteiger partial charge on any atom is 0.352 e. The molecular formula is C12H15N3O5S. The van der Waals surface area contributed by atoms with Gasteiger partial charge in [0.1, 0.15) is 0 Å². The van der Waals surface area contributed by atoms with Crippen molar-refractivity contribution in [3.63, 3.8) is 0 Å². The Morgan fingerprint density at radius 3 is 2.43 bits per heavy atom. The molecule has 1 aromatic rings. The van der Waals surface area contributed by atoms with E-state index < -0.39 is 20.7 Å². The van der Waals surface area contributed by atoms with E-state index in [4.69, 9.17) is 4.74 Å². The van der Waals surface area contributed by atoms with Gasteiger partial charge in [-0.2, -0.15) is 0 Å². The number of urea groups is 1. The van der Waals surface area contributed by atoms with E-state index in [9.17, 15) is 19.1 Å². The Bertz CT molecular complexity index is 658. The first-order valence-electron chi connectivity index (χ1n) is 6.23. The summed E-state index contributed by atoms with van der Waals surface area (Å²) < 4.78 is 21.4. The van der Waals surface area contributed by atoms with E-state index in [-0.39, 0.29) is 10.6 Å². The summed E-state index contributed by atoms with van der Waals surface area (Å²) in [7, 11) is -2.93. The van der Waals surface area contributed by atoms with E-state index in [1.807, 2.05) is 0 Å². The van der Waals surface area contributed by atoms with Crippen LogP contribution in [0.4, 0.5) is 10.5 Å². The van der Waals surface area contributed by atoms with Crippen molar-refractivity contribution < 1.29 is 18.7 Å². The standard InChI is InChI=1S/C12H15N3O5S/c1-21(19,11-4-2-10(3-5-11)15(17)18)13-12(16)14-6-8-20-9-7-14/h2-5H,6-9H2,1H3. The first-order chi connectivity index (χ1) is 9.90. The lowest BCUT2D eigenvalue weighted by Crippen LogP contribution is -2.39. The second-order valence-electron chi connectivity index (χ2n) is 4.53. The van der Waals surface area contributed by atoms with Gasteiger partial charge in [0.15, 0.2) is 0 Å². The van der Waals surface area contributed by atoms with Crippen LogP contribution >= 0.6 is 0 Å². The highest BCUT2D eigenvalue weighted by Gasteiger charge is 2.19. The van der Waals surface area contributed by atoms with Crippen molar-refractivity contribution in [3.8, 4) is 0 Å². The number of benzene rings is 1. The quantitative estimate of drug-likeness (QED) is 0.608. The molecule has 1 unspecified atom stereocenters. The van der Waals surface area contributed by atoms with Crippen LogP contribution in [0.15, 0.2) is 33.5 Å². The van der Waals surface area contributed by atoms with Crippen LogP contribution in [0.5, 0.6) is 0 Å². The minimum absolute atomic E-state index is 0.103. The molecule has 2 amide bonds. The van der Waals surface area contributed by atoms with Gasteiger partial charge in [-0.15, -0.1) is 4.36 Å². The summed E-state index contributed by atoms with van der Waals surface area (Å²) in [6, 6.07) is 4.65. The predicted molar refractivity (Wildman–Crippen MR) is 75.6 cm³/mol. The topological polar surface area (TPSA) is 102 Å². The zero-order valence-electron chi connectivity index (χ0n) is 11.4. The van der Waals surface area contributed by atoms with Gasteiger partial charge < -0.3 is 9.64 Å². The van der Waals surface area contributed by atoms with Crippen LogP contribution in [-0.2, 0) is 14.5 Å². The molecule has 1 saturated heterocycles. The Balaban J connectivity index is 2.23. The average Bonchev–Trinajstić information content (AvgIpc) is 2.48. The largest absolute Gasteiger partial charge is 0.378 e. The summed E-state index contributed by atoms with van der Waals surface area (Å²) >= 11 is 0. The van der Waals surface area contributed by atoms with Crippen LogP contribution in [0.25, 0.3) is 0 Å². The Hall–Kier alpha value is -2.00. The number of morpholine rings is 1. The molecule has 1 aromatic carbocycles. The summed E-state index contributed by atoms with van der Waals surface area (Å²) in [4.78, 5) is 23.8. The highest BCUT2D eigenvalue weighted by atomic mass is 32.2. The summed E-state index contributed by atoms with van der Waals surface area (Å²) in [5.74, 6) is 0. The number of ether oxygens (including phenoxy) is 1. The number of nitro benzene ring substituents is 1. The van der Waals surface area contributed by atoms with E-state index in [0.29, 0.717) is 26.3 Å². The molecule has 0 spiro atoms. The zero-order chi connectivity index (χ0) is 15.5. The van der Waals surface area contributed by atoms with Crippen LogP contribution in [0.1, 0.15) is 0 Å². The number of nitrogens with zero attached hydrogens (tertiary/aromatic N) is 3. The maximum absolute atomic E-state index is 12.5. The number of rotatable bonds is 2. The molecule has 8 nitrogen and oxygen atoms in total. The minimum Gasteiger partial charge on any atom is -0.378 e. The average molecular weight is 313 g/mol. The molecule has 114 valence electrons. The van der Waals surface area contributed by atoms with Gasteiger partial charge in [-0.1, -0.05) is 0 Å². The minimum atomic E-state index is -2.93. The van der Waals surface area contributed by atoms with E-state index in [1.165, 1.54) is 35.4 Å². The van der Waals surface area contributed by atoms with E-state index >= 15 is 0 Å². The Morgan fingerprint density at radius 2 is 1.90 bits per heavy atom. The lowest BCUT2D eigenvalue weighted by molar-refractivity contribution is -0.384. The van der Waals surface area contributed by atoms with Crippen LogP contribution < -0.4 is 0 Å². The molecule has 1 aliphatic heterocycles. The Labute approximate surface area is 122 Å². The number of nitro groups is 1.